The molecule has 58 heavy (non-hydrogen) atoms. The van der Waals surface area contributed by atoms with E-state index in [-0.39, 0.29) is 0 Å². The van der Waals surface area contributed by atoms with Gasteiger partial charge in [-0.25, -0.2) is 0 Å². The van der Waals surface area contributed by atoms with Crippen LogP contribution in [-0.4, -0.2) is 44.0 Å². The highest BCUT2D eigenvalue weighted by molar-refractivity contribution is 6.14. The molecule has 9 nitrogen and oxygen atoms in total. The second kappa shape index (κ2) is 13.9. The van der Waals surface area contributed by atoms with Crippen molar-refractivity contribution < 1.29 is 0 Å². The summed E-state index contributed by atoms with van der Waals surface area (Å²) in [5, 5.41) is 7.17. The molecule has 0 amide bonds. The molecule has 0 unspecified atom stereocenters. The van der Waals surface area contributed by atoms with Gasteiger partial charge in [0.15, 0.2) is 0 Å². The molecule has 1 N–H and O–H groups in total. The van der Waals surface area contributed by atoms with E-state index in [1.54, 1.807) is 18.6 Å². The van der Waals surface area contributed by atoms with E-state index in [0.717, 1.165) is 66.9 Å². The number of para-hydroxylation sites is 3. The highest BCUT2D eigenvalue weighted by Crippen LogP contribution is 2.38. The van der Waals surface area contributed by atoms with Crippen molar-refractivity contribution in [3.63, 3.8) is 0 Å². The van der Waals surface area contributed by atoms with Crippen molar-refractivity contribution in [1.29, 1.82) is 0 Å². The molecule has 9 aromatic heterocycles. The molecule has 0 atom stereocenters. The average molecular weight is 748 g/mol. The molecule has 0 aliphatic heterocycles. The third-order valence-corrected chi connectivity index (χ3v) is 10.9. The van der Waals surface area contributed by atoms with Gasteiger partial charge in [-0.05, 0) is 72.8 Å². The fourth-order valence-electron chi connectivity index (χ4n) is 8.36. The summed E-state index contributed by atoms with van der Waals surface area (Å²) in [6.45, 7) is 0.589. The number of aromatic nitrogens is 9. The van der Waals surface area contributed by atoms with Gasteiger partial charge in [0.1, 0.15) is 6.67 Å². The summed E-state index contributed by atoms with van der Waals surface area (Å²) in [6, 6.07) is 43.8. The topological polar surface area (TPSA) is 103 Å². The predicted molar refractivity (Wildman–Crippen MR) is 233 cm³/mol. The molecule has 12 rings (SSSR count). The van der Waals surface area contributed by atoms with Crippen molar-refractivity contribution in [1.82, 2.24) is 44.0 Å². The van der Waals surface area contributed by atoms with E-state index in [1.807, 2.05) is 73.6 Å². The third kappa shape index (κ3) is 5.48. The van der Waals surface area contributed by atoms with Gasteiger partial charge in [-0.3, -0.25) is 29.9 Å². The number of fused-ring (bicyclic) bond motifs is 9. The lowest BCUT2D eigenvalue weighted by molar-refractivity contribution is 0.682. The Kier molecular flexibility index (Phi) is 7.99. The monoisotopic (exact) mass is 747 g/mol. The maximum Gasteiger partial charge on any atom is 0.100 e. The zero-order chi connectivity index (χ0) is 38.4. The molecule has 3 aromatic carbocycles. The Morgan fingerprint density at radius 1 is 0.379 bits per heavy atom. The van der Waals surface area contributed by atoms with Crippen LogP contribution in [0.15, 0.2) is 183 Å². The van der Waals surface area contributed by atoms with E-state index in [9.17, 15) is 0 Å². The Morgan fingerprint density at radius 2 is 0.828 bits per heavy atom. The van der Waals surface area contributed by atoms with Crippen LogP contribution in [0.1, 0.15) is 0 Å². The molecule has 274 valence electrons. The predicted octanol–water partition coefficient (Wildman–Crippen LogP) is 11.1. The van der Waals surface area contributed by atoms with Crippen LogP contribution in [0.5, 0.6) is 0 Å². The fraction of sp³-hybridized carbons (Fsp3) is 0.0204. The van der Waals surface area contributed by atoms with Gasteiger partial charge in [0, 0.05) is 110 Å². The van der Waals surface area contributed by atoms with Gasteiger partial charge in [-0.2, -0.15) is 0 Å². The molecular formula is C49H33N9. The number of nitrogens with one attached hydrogen (secondary N) is 1. The van der Waals surface area contributed by atoms with Gasteiger partial charge in [0.2, 0.25) is 0 Å². The summed E-state index contributed by atoms with van der Waals surface area (Å²) in [7, 11) is 0. The maximum atomic E-state index is 4.86. The third-order valence-electron chi connectivity index (χ3n) is 10.9. The number of benzene rings is 3. The molecule has 9 heteroatoms. The summed E-state index contributed by atoms with van der Waals surface area (Å²) < 4.78 is 4.76. The van der Waals surface area contributed by atoms with E-state index < -0.39 is 0 Å². The largest absolute Gasteiger partial charge is 0.353 e. The zero-order valence-corrected chi connectivity index (χ0v) is 31.1. The van der Waals surface area contributed by atoms with Crippen molar-refractivity contribution in [3.05, 3.63) is 183 Å². The van der Waals surface area contributed by atoms with E-state index in [2.05, 4.69) is 125 Å². The molecule has 0 aliphatic rings. The van der Waals surface area contributed by atoms with Gasteiger partial charge in [-0.1, -0.05) is 54.6 Å². The van der Waals surface area contributed by atoms with Crippen LogP contribution in [0.25, 0.3) is 99.2 Å². The first-order valence-electron chi connectivity index (χ1n) is 19.1. The number of aromatic amines is 1. The first-order valence-corrected chi connectivity index (χ1v) is 19.1. The normalized spacial score (nSPS) is 11.5. The Morgan fingerprint density at radius 3 is 1.34 bits per heavy atom. The van der Waals surface area contributed by atoms with Crippen LogP contribution in [0.2, 0.25) is 0 Å². The van der Waals surface area contributed by atoms with Crippen LogP contribution in [-0.2, 0) is 6.67 Å². The molecule has 0 aliphatic carbocycles. The SMILES string of the molecule is c1cncc(-c2nccc3c2[nH]c2ccccc23)c1.c1cncc(-c2nccc3c4ccccc4n(Cn4c5ccccc5c5ccnc(-c6cccnc6)c54)c23)c1. The lowest BCUT2D eigenvalue weighted by Gasteiger charge is -2.15. The number of hydrogen-bond donors (Lipinski definition) is 1. The molecule has 9 heterocycles. The Bertz CT molecular complexity index is 3270. The van der Waals surface area contributed by atoms with Crippen LogP contribution in [0, 0.1) is 0 Å². The second-order valence-electron chi connectivity index (χ2n) is 14.1. The first kappa shape index (κ1) is 33.3. The molecule has 12 aromatic rings. The molecule has 0 spiro atoms. The van der Waals surface area contributed by atoms with Crippen molar-refractivity contribution in [2.75, 3.05) is 0 Å². The van der Waals surface area contributed by atoms with E-state index in [0.29, 0.717) is 6.67 Å². The number of rotatable bonds is 5. The summed E-state index contributed by atoms with van der Waals surface area (Å²) in [6.07, 6.45) is 16.6. The van der Waals surface area contributed by atoms with Gasteiger partial charge in [0.05, 0.1) is 44.7 Å². The lowest BCUT2D eigenvalue weighted by Crippen LogP contribution is -2.09. The quantitative estimate of drug-likeness (QED) is 0.188. The minimum atomic E-state index is 0.589. The Labute approximate surface area is 332 Å². The number of nitrogens with zero attached hydrogens (tertiary/aromatic N) is 8. The molecule has 0 bridgehead atoms. The minimum absolute atomic E-state index is 0.589. The van der Waals surface area contributed by atoms with Gasteiger partial charge >= 0.3 is 0 Å². The van der Waals surface area contributed by atoms with Crippen LogP contribution in [0.4, 0.5) is 0 Å². The fourth-order valence-corrected chi connectivity index (χ4v) is 8.36. The second-order valence-corrected chi connectivity index (χ2v) is 14.1. The van der Waals surface area contributed by atoms with Crippen molar-refractivity contribution in [2.45, 2.75) is 6.67 Å². The lowest BCUT2D eigenvalue weighted by atomic mass is 10.1. The Hall–Kier alpha value is -8.04. The molecular weight excluding hydrogens is 715 g/mol. The first-order chi connectivity index (χ1) is 28.8. The summed E-state index contributed by atoms with van der Waals surface area (Å²) >= 11 is 0. The van der Waals surface area contributed by atoms with E-state index in [4.69, 9.17) is 9.97 Å². The standard InChI is InChI=1S/C33H22N6.C16H11N3/c1-3-11-28-24(9-1)26-13-17-36-30(22-7-5-15-34-19-22)32(26)38(28)21-39-29-12-4-2-10-25(29)27-14-18-37-31(33(27)39)23-8-6-16-35-20-23;1-2-6-14-12(5-1)13-7-9-18-15(16(13)19-14)11-4-3-8-17-10-11/h1-20H,21H2;1-10,19H. The maximum absolute atomic E-state index is 4.86. The van der Waals surface area contributed by atoms with Crippen LogP contribution in [0.3, 0.4) is 0 Å². The summed E-state index contributed by atoms with van der Waals surface area (Å²) in [4.78, 5) is 30.6. The number of H-pyrrole nitrogens is 1. The van der Waals surface area contributed by atoms with Crippen molar-refractivity contribution in [2.24, 2.45) is 0 Å². The minimum Gasteiger partial charge on any atom is -0.353 e. The van der Waals surface area contributed by atoms with E-state index in [1.165, 1.54) is 32.3 Å². The van der Waals surface area contributed by atoms with Gasteiger partial charge in [0.25, 0.3) is 0 Å². The van der Waals surface area contributed by atoms with Crippen LogP contribution >= 0.6 is 0 Å². The van der Waals surface area contributed by atoms with Gasteiger partial charge < -0.3 is 14.1 Å². The Balaban J connectivity index is 0.000000169. The molecule has 0 saturated heterocycles. The molecule has 0 radical (unpaired) electrons. The van der Waals surface area contributed by atoms with E-state index >= 15 is 0 Å². The summed E-state index contributed by atoms with van der Waals surface area (Å²) in [5.74, 6) is 0. The van der Waals surface area contributed by atoms with Crippen LogP contribution < -0.4 is 0 Å². The smallest absolute Gasteiger partial charge is 0.100 e. The molecule has 0 saturated carbocycles. The van der Waals surface area contributed by atoms with Crippen molar-refractivity contribution in [3.8, 4) is 33.8 Å². The average Bonchev–Trinajstić information content (AvgIpc) is 3.96. The highest BCUT2D eigenvalue weighted by atomic mass is 15.2. The summed E-state index contributed by atoms with van der Waals surface area (Å²) in [5.41, 5.74) is 12.5. The number of pyridine rings is 6. The molecule has 0 fully saturated rings. The van der Waals surface area contributed by atoms with Crippen molar-refractivity contribution >= 4 is 65.4 Å². The zero-order valence-electron chi connectivity index (χ0n) is 31.1. The highest BCUT2D eigenvalue weighted by Gasteiger charge is 2.21. The van der Waals surface area contributed by atoms with Gasteiger partial charge in [-0.15, -0.1) is 0 Å². The number of hydrogen-bond acceptors (Lipinski definition) is 6.